The molecule has 0 aliphatic heterocycles. The summed E-state index contributed by atoms with van der Waals surface area (Å²) in [6.45, 7) is 4.31. The van der Waals surface area contributed by atoms with Gasteiger partial charge >= 0.3 is 0 Å². The van der Waals surface area contributed by atoms with Crippen LogP contribution in [0.5, 0.6) is 0 Å². The van der Waals surface area contributed by atoms with Crippen LogP contribution < -0.4 is 11.1 Å². The number of nitrogens with two attached hydrogens (primary N) is 1. The maximum absolute atomic E-state index is 13.7. The van der Waals surface area contributed by atoms with E-state index in [2.05, 4.69) is 5.32 Å². The molecule has 0 spiro atoms. The van der Waals surface area contributed by atoms with Crippen LogP contribution >= 0.6 is 0 Å². The molecule has 2 aromatic rings. The first-order valence-corrected chi connectivity index (χ1v) is 7.42. The Kier molecular flexibility index (Phi) is 4.98. The Morgan fingerprint density at radius 1 is 1.23 bits per heavy atom. The van der Waals surface area contributed by atoms with Gasteiger partial charge in [-0.2, -0.15) is 0 Å². The molecular weight excluding hydrogens is 283 g/mol. The molecule has 5 heteroatoms. The van der Waals surface area contributed by atoms with E-state index in [0.29, 0.717) is 17.9 Å². The smallest absolute Gasteiger partial charge is 0.287 e. The van der Waals surface area contributed by atoms with Crippen LogP contribution in [0.3, 0.4) is 0 Å². The molecule has 0 bridgehead atoms. The zero-order valence-electron chi connectivity index (χ0n) is 12.9. The van der Waals surface area contributed by atoms with Crippen molar-refractivity contribution in [3.63, 3.8) is 0 Å². The Bertz CT molecular complexity index is 639. The van der Waals surface area contributed by atoms with E-state index in [1.807, 2.05) is 13.8 Å². The normalized spacial score (nSPS) is 11.5. The van der Waals surface area contributed by atoms with Crippen LogP contribution in [0, 0.1) is 5.82 Å². The predicted octanol–water partition coefficient (Wildman–Crippen LogP) is 3.33. The van der Waals surface area contributed by atoms with E-state index < -0.39 is 5.54 Å². The fourth-order valence-corrected chi connectivity index (χ4v) is 2.33. The van der Waals surface area contributed by atoms with Crippen LogP contribution in [0.25, 0.3) is 11.3 Å². The lowest BCUT2D eigenvalue weighted by Gasteiger charge is -2.30. The van der Waals surface area contributed by atoms with Crippen molar-refractivity contribution in [1.82, 2.24) is 5.32 Å². The highest BCUT2D eigenvalue weighted by Crippen LogP contribution is 2.25. The fraction of sp³-hybridized carbons (Fsp3) is 0.353. The van der Waals surface area contributed by atoms with Gasteiger partial charge in [-0.15, -0.1) is 0 Å². The second-order valence-corrected chi connectivity index (χ2v) is 5.29. The summed E-state index contributed by atoms with van der Waals surface area (Å²) in [7, 11) is 0. The summed E-state index contributed by atoms with van der Waals surface area (Å²) >= 11 is 0. The Morgan fingerprint density at radius 3 is 2.50 bits per heavy atom. The number of halogens is 1. The number of amides is 1. The largest absolute Gasteiger partial charge is 0.451 e. The molecule has 1 amide bonds. The van der Waals surface area contributed by atoms with Gasteiger partial charge in [-0.25, -0.2) is 4.39 Å². The summed E-state index contributed by atoms with van der Waals surface area (Å²) in [6, 6.07) is 9.42. The third-order valence-corrected chi connectivity index (χ3v) is 4.09. The molecule has 0 saturated heterocycles. The average molecular weight is 304 g/mol. The molecule has 0 unspecified atom stereocenters. The molecule has 2 rings (SSSR count). The van der Waals surface area contributed by atoms with E-state index in [1.165, 1.54) is 6.07 Å². The summed E-state index contributed by atoms with van der Waals surface area (Å²) in [4.78, 5) is 12.3. The predicted molar refractivity (Wildman–Crippen MR) is 83.9 cm³/mol. The Hall–Kier alpha value is -2.14. The fourth-order valence-electron chi connectivity index (χ4n) is 2.33. The highest BCUT2D eigenvalue weighted by Gasteiger charge is 2.28. The van der Waals surface area contributed by atoms with Crippen molar-refractivity contribution in [2.24, 2.45) is 5.73 Å². The molecule has 1 aromatic heterocycles. The molecule has 0 fully saturated rings. The van der Waals surface area contributed by atoms with Gasteiger partial charge in [0.15, 0.2) is 5.76 Å². The third-order valence-electron chi connectivity index (χ3n) is 4.09. The molecule has 0 radical (unpaired) electrons. The monoisotopic (exact) mass is 304 g/mol. The van der Waals surface area contributed by atoms with Gasteiger partial charge in [0.05, 0.1) is 11.1 Å². The zero-order valence-corrected chi connectivity index (χ0v) is 12.9. The molecule has 4 nitrogen and oxygen atoms in total. The van der Waals surface area contributed by atoms with E-state index in [4.69, 9.17) is 10.2 Å². The van der Waals surface area contributed by atoms with E-state index >= 15 is 0 Å². The number of carbonyl (C=O) groups is 1. The van der Waals surface area contributed by atoms with Crippen LogP contribution in [0.2, 0.25) is 0 Å². The number of benzene rings is 1. The van der Waals surface area contributed by atoms with Crippen molar-refractivity contribution in [3.05, 3.63) is 48.0 Å². The first-order valence-electron chi connectivity index (χ1n) is 7.42. The van der Waals surface area contributed by atoms with Gasteiger partial charge in [-0.05, 0) is 37.1 Å². The molecule has 1 aromatic carbocycles. The molecule has 0 aliphatic carbocycles. The van der Waals surface area contributed by atoms with Gasteiger partial charge in [-0.3, -0.25) is 4.79 Å². The van der Waals surface area contributed by atoms with Crippen LogP contribution in [0.4, 0.5) is 4.39 Å². The molecule has 1 heterocycles. The lowest BCUT2D eigenvalue weighted by Crippen LogP contribution is -2.52. The first-order chi connectivity index (χ1) is 10.5. The van der Waals surface area contributed by atoms with Gasteiger partial charge < -0.3 is 15.5 Å². The number of carbonyl (C=O) groups excluding carboxylic acids is 1. The quantitative estimate of drug-likeness (QED) is 0.860. The Balaban J connectivity index is 2.21. The Morgan fingerprint density at radius 2 is 1.91 bits per heavy atom. The number of furan rings is 1. The molecule has 0 atom stereocenters. The minimum absolute atomic E-state index is 0.151. The topological polar surface area (TPSA) is 68.3 Å². The van der Waals surface area contributed by atoms with Gasteiger partial charge in [0.1, 0.15) is 11.6 Å². The zero-order chi connectivity index (χ0) is 16.2. The van der Waals surface area contributed by atoms with E-state index in [1.54, 1.807) is 30.3 Å². The summed E-state index contributed by atoms with van der Waals surface area (Å²) < 4.78 is 19.2. The second-order valence-electron chi connectivity index (χ2n) is 5.29. The first kappa shape index (κ1) is 16.2. The Labute approximate surface area is 129 Å². The van der Waals surface area contributed by atoms with Gasteiger partial charge in [0.25, 0.3) is 5.91 Å². The van der Waals surface area contributed by atoms with Gasteiger partial charge in [-0.1, -0.05) is 26.0 Å². The molecular formula is C17H21FN2O2. The molecule has 0 saturated carbocycles. The maximum Gasteiger partial charge on any atom is 0.287 e. The van der Waals surface area contributed by atoms with Crippen molar-refractivity contribution >= 4 is 5.91 Å². The van der Waals surface area contributed by atoms with Crippen molar-refractivity contribution < 1.29 is 13.6 Å². The third kappa shape index (κ3) is 3.20. The second kappa shape index (κ2) is 6.75. The maximum atomic E-state index is 13.7. The van der Waals surface area contributed by atoms with Crippen molar-refractivity contribution in [2.45, 2.75) is 32.2 Å². The summed E-state index contributed by atoms with van der Waals surface area (Å²) in [6.07, 6.45) is 1.46. The standard InChI is InChI=1S/C17H21FN2O2/c1-3-17(4-2,11-19)20-16(21)15-10-9-14(22-15)12-7-5-6-8-13(12)18/h5-10H,3-4,11,19H2,1-2H3,(H,20,21). The van der Waals surface area contributed by atoms with E-state index in [9.17, 15) is 9.18 Å². The molecule has 0 aliphatic rings. The molecule has 22 heavy (non-hydrogen) atoms. The van der Waals surface area contributed by atoms with Gasteiger partial charge in [0, 0.05) is 6.54 Å². The molecule has 118 valence electrons. The van der Waals surface area contributed by atoms with E-state index in [-0.39, 0.29) is 17.5 Å². The van der Waals surface area contributed by atoms with Crippen molar-refractivity contribution in [2.75, 3.05) is 6.54 Å². The SMILES string of the molecule is CCC(CC)(CN)NC(=O)c1ccc(-c2ccccc2F)o1. The average Bonchev–Trinajstić information content (AvgIpc) is 3.03. The summed E-state index contributed by atoms with van der Waals surface area (Å²) in [5.74, 6) is -0.244. The van der Waals surface area contributed by atoms with Crippen LogP contribution in [-0.4, -0.2) is 18.0 Å². The van der Waals surface area contributed by atoms with Crippen LogP contribution in [0.15, 0.2) is 40.8 Å². The number of hydrogen-bond acceptors (Lipinski definition) is 3. The van der Waals surface area contributed by atoms with Crippen LogP contribution in [0.1, 0.15) is 37.2 Å². The van der Waals surface area contributed by atoms with E-state index in [0.717, 1.165) is 12.8 Å². The summed E-state index contributed by atoms with van der Waals surface area (Å²) in [5.41, 5.74) is 5.67. The van der Waals surface area contributed by atoms with Crippen molar-refractivity contribution in [3.8, 4) is 11.3 Å². The van der Waals surface area contributed by atoms with Crippen molar-refractivity contribution in [1.29, 1.82) is 0 Å². The number of nitrogens with one attached hydrogen (secondary N) is 1. The lowest BCUT2D eigenvalue weighted by atomic mass is 9.93. The minimum atomic E-state index is -0.442. The lowest BCUT2D eigenvalue weighted by molar-refractivity contribution is 0.0867. The number of rotatable bonds is 6. The minimum Gasteiger partial charge on any atom is -0.451 e. The highest BCUT2D eigenvalue weighted by atomic mass is 19.1. The van der Waals surface area contributed by atoms with Gasteiger partial charge in [0.2, 0.25) is 0 Å². The highest BCUT2D eigenvalue weighted by molar-refractivity contribution is 5.92. The van der Waals surface area contributed by atoms with Crippen LogP contribution in [-0.2, 0) is 0 Å². The molecule has 3 N–H and O–H groups in total. The summed E-state index contributed by atoms with van der Waals surface area (Å²) in [5, 5.41) is 2.92. The number of hydrogen-bond donors (Lipinski definition) is 2.